The molecule has 0 saturated heterocycles. The average molecular weight is 346 g/mol. The highest BCUT2D eigenvalue weighted by Crippen LogP contribution is 2.27. The van der Waals surface area contributed by atoms with Gasteiger partial charge in [-0.3, -0.25) is 4.79 Å². The van der Waals surface area contributed by atoms with Crippen molar-refractivity contribution in [3.63, 3.8) is 0 Å². The summed E-state index contributed by atoms with van der Waals surface area (Å²) in [6.07, 6.45) is 1.58. The van der Waals surface area contributed by atoms with Crippen LogP contribution in [0.15, 0.2) is 51.4 Å². The van der Waals surface area contributed by atoms with E-state index < -0.39 is 0 Å². The number of nitrogens with two attached hydrogens (primary N) is 1. The molecule has 6 nitrogen and oxygen atoms in total. The zero-order valence-corrected chi connectivity index (χ0v) is 13.7. The van der Waals surface area contributed by atoms with Gasteiger partial charge < -0.3 is 15.5 Å². The number of hydrogen-bond donors (Lipinski definition) is 2. The summed E-state index contributed by atoms with van der Waals surface area (Å²) in [6.45, 7) is 0.370. The summed E-state index contributed by atoms with van der Waals surface area (Å²) in [7, 11) is 0. The van der Waals surface area contributed by atoms with Crippen molar-refractivity contribution in [3.05, 3.63) is 59.5 Å². The molecule has 23 heavy (non-hydrogen) atoms. The van der Waals surface area contributed by atoms with Gasteiger partial charge in [-0.1, -0.05) is 35.2 Å². The number of carbonyl (C=O) groups is 1. The molecule has 0 spiro atoms. The molecule has 1 aromatic carbocycles. The van der Waals surface area contributed by atoms with E-state index in [-0.39, 0.29) is 5.91 Å². The molecule has 0 aliphatic heterocycles. The van der Waals surface area contributed by atoms with Crippen LogP contribution in [0, 0.1) is 0 Å². The van der Waals surface area contributed by atoms with E-state index >= 15 is 0 Å². The number of anilines is 1. The van der Waals surface area contributed by atoms with Crippen molar-refractivity contribution in [2.45, 2.75) is 16.6 Å². The zero-order chi connectivity index (χ0) is 16.1. The Hall–Kier alpha value is -2.32. The molecule has 3 N–H and O–H groups in total. The molecule has 1 amide bonds. The smallest absolute Gasteiger partial charge is 0.251 e. The Bertz CT molecular complexity index is 786. The number of amides is 1. The van der Waals surface area contributed by atoms with Crippen molar-refractivity contribution >= 4 is 34.1 Å². The van der Waals surface area contributed by atoms with E-state index in [9.17, 15) is 4.79 Å². The molecule has 0 aliphatic rings. The molecule has 118 valence electrons. The van der Waals surface area contributed by atoms with Gasteiger partial charge in [-0.05, 0) is 29.8 Å². The molecular formula is C15H14N4O2S2. The highest BCUT2D eigenvalue weighted by molar-refractivity contribution is 8.00. The summed E-state index contributed by atoms with van der Waals surface area (Å²) in [5.41, 5.74) is 7.21. The number of aromatic nitrogens is 2. The maximum atomic E-state index is 12.2. The van der Waals surface area contributed by atoms with Gasteiger partial charge in [0.25, 0.3) is 5.91 Å². The third kappa shape index (κ3) is 4.33. The minimum atomic E-state index is -0.131. The number of benzene rings is 1. The molecule has 0 fully saturated rings. The summed E-state index contributed by atoms with van der Waals surface area (Å²) in [6, 6.07) is 11.1. The Morgan fingerprint density at radius 2 is 2.22 bits per heavy atom. The Balaban J connectivity index is 1.58. The number of nitrogens with zero attached hydrogens (tertiary/aromatic N) is 2. The maximum absolute atomic E-state index is 12.2. The van der Waals surface area contributed by atoms with Crippen LogP contribution in [0.2, 0.25) is 0 Å². The van der Waals surface area contributed by atoms with Crippen LogP contribution < -0.4 is 11.1 Å². The molecule has 3 rings (SSSR count). The van der Waals surface area contributed by atoms with Gasteiger partial charge in [-0.25, -0.2) is 0 Å². The summed E-state index contributed by atoms with van der Waals surface area (Å²) >= 11 is 2.90. The predicted octanol–water partition coefficient (Wildman–Crippen LogP) is 2.94. The average Bonchev–Trinajstić information content (AvgIpc) is 3.22. The van der Waals surface area contributed by atoms with Crippen LogP contribution in [0.3, 0.4) is 0 Å². The summed E-state index contributed by atoms with van der Waals surface area (Å²) in [5.74, 6) is 1.29. The van der Waals surface area contributed by atoms with Crippen molar-refractivity contribution in [1.82, 2.24) is 15.5 Å². The van der Waals surface area contributed by atoms with Crippen LogP contribution in [0.1, 0.15) is 21.7 Å². The Kier molecular flexibility index (Phi) is 4.94. The number of carbonyl (C=O) groups excluding carboxylic acids is 1. The lowest BCUT2D eigenvalue weighted by molar-refractivity contribution is 0.0948. The number of nitrogens with one attached hydrogen (secondary N) is 1. The molecule has 0 radical (unpaired) electrons. The number of thioether (sulfide) groups is 1. The van der Waals surface area contributed by atoms with Crippen LogP contribution in [0.5, 0.6) is 0 Å². The predicted molar refractivity (Wildman–Crippen MR) is 90.2 cm³/mol. The Labute approximate surface area is 141 Å². The second kappa shape index (κ2) is 7.30. The molecule has 0 bridgehead atoms. The maximum Gasteiger partial charge on any atom is 0.251 e. The minimum absolute atomic E-state index is 0.131. The largest absolute Gasteiger partial charge is 0.467 e. The van der Waals surface area contributed by atoms with Crippen molar-refractivity contribution < 1.29 is 9.21 Å². The molecule has 8 heteroatoms. The first-order valence-electron chi connectivity index (χ1n) is 6.82. The van der Waals surface area contributed by atoms with Crippen molar-refractivity contribution in [3.8, 4) is 0 Å². The minimum Gasteiger partial charge on any atom is -0.467 e. The van der Waals surface area contributed by atoms with Gasteiger partial charge in [0.05, 0.1) is 12.8 Å². The number of furan rings is 1. The van der Waals surface area contributed by atoms with Crippen LogP contribution >= 0.6 is 23.1 Å². The van der Waals surface area contributed by atoms with Gasteiger partial charge in [-0.15, -0.1) is 10.2 Å². The first kappa shape index (κ1) is 15.6. The third-order valence-corrected chi connectivity index (χ3v) is 4.93. The van der Waals surface area contributed by atoms with E-state index in [0.29, 0.717) is 23.0 Å². The normalized spacial score (nSPS) is 10.6. The number of rotatable bonds is 6. The van der Waals surface area contributed by atoms with E-state index in [1.807, 2.05) is 24.3 Å². The molecule has 2 heterocycles. The fourth-order valence-electron chi connectivity index (χ4n) is 1.91. The summed E-state index contributed by atoms with van der Waals surface area (Å²) in [5, 5.41) is 11.0. The third-order valence-electron chi connectivity index (χ3n) is 2.98. The molecule has 0 unspecified atom stereocenters. The molecule has 3 aromatic rings. The highest BCUT2D eigenvalue weighted by Gasteiger charge is 2.08. The molecule has 0 aliphatic carbocycles. The van der Waals surface area contributed by atoms with Crippen LogP contribution in [0.25, 0.3) is 0 Å². The quantitative estimate of drug-likeness (QED) is 0.667. The van der Waals surface area contributed by atoms with Gasteiger partial charge in [0, 0.05) is 11.3 Å². The van der Waals surface area contributed by atoms with Crippen molar-refractivity contribution in [1.29, 1.82) is 0 Å². The number of hydrogen-bond acceptors (Lipinski definition) is 7. The fourth-order valence-corrected chi connectivity index (χ4v) is 3.49. The van der Waals surface area contributed by atoms with Gasteiger partial charge in [-0.2, -0.15) is 0 Å². The first-order chi connectivity index (χ1) is 11.2. The molecule has 0 saturated carbocycles. The lowest BCUT2D eigenvalue weighted by atomic mass is 10.1. The lowest BCUT2D eigenvalue weighted by Crippen LogP contribution is -2.22. The monoisotopic (exact) mass is 346 g/mol. The fraction of sp³-hybridized carbons (Fsp3) is 0.133. The molecular weight excluding hydrogens is 332 g/mol. The second-order valence-corrected chi connectivity index (χ2v) is 6.89. The van der Waals surface area contributed by atoms with Crippen LogP contribution in [-0.4, -0.2) is 16.1 Å². The SMILES string of the molecule is Nc1nnc(SCc2cccc(C(=O)NCc3ccco3)c2)s1. The van der Waals surface area contributed by atoms with Crippen molar-refractivity contribution in [2.75, 3.05) is 5.73 Å². The van der Waals surface area contributed by atoms with E-state index in [2.05, 4.69) is 15.5 Å². The van der Waals surface area contributed by atoms with Gasteiger partial charge in [0.1, 0.15) is 5.76 Å². The lowest BCUT2D eigenvalue weighted by Gasteiger charge is -2.05. The topological polar surface area (TPSA) is 94.0 Å². The number of nitrogen functional groups attached to an aromatic ring is 1. The Morgan fingerprint density at radius 1 is 1.30 bits per heavy atom. The van der Waals surface area contributed by atoms with Crippen LogP contribution in [-0.2, 0) is 12.3 Å². The second-order valence-electron chi connectivity index (χ2n) is 4.66. The van der Waals surface area contributed by atoms with E-state index in [0.717, 1.165) is 15.7 Å². The zero-order valence-electron chi connectivity index (χ0n) is 12.1. The summed E-state index contributed by atoms with van der Waals surface area (Å²) < 4.78 is 6.01. The van der Waals surface area contributed by atoms with Gasteiger partial charge in [0.2, 0.25) is 5.13 Å². The van der Waals surface area contributed by atoms with Crippen LogP contribution in [0.4, 0.5) is 5.13 Å². The molecule has 2 aromatic heterocycles. The van der Waals surface area contributed by atoms with E-state index in [1.54, 1.807) is 30.2 Å². The summed E-state index contributed by atoms with van der Waals surface area (Å²) in [4.78, 5) is 12.2. The van der Waals surface area contributed by atoms with Crippen molar-refractivity contribution in [2.24, 2.45) is 0 Å². The first-order valence-corrected chi connectivity index (χ1v) is 8.62. The van der Waals surface area contributed by atoms with Gasteiger partial charge >= 0.3 is 0 Å². The molecule has 0 atom stereocenters. The highest BCUT2D eigenvalue weighted by atomic mass is 32.2. The van der Waals surface area contributed by atoms with Gasteiger partial charge in [0.15, 0.2) is 4.34 Å². The van der Waals surface area contributed by atoms with E-state index in [4.69, 9.17) is 10.2 Å². The Morgan fingerprint density at radius 3 is 2.96 bits per heavy atom. The van der Waals surface area contributed by atoms with E-state index in [1.165, 1.54) is 11.3 Å². The standard InChI is InChI=1S/C15H14N4O2S2/c16-14-18-19-15(23-14)22-9-10-3-1-4-11(7-10)13(20)17-8-12-5-2-6-21-12/h1-7H,8-9H2,(H2,16,18)(H,17,20).